The van der Waals surface area contributed by atoms with Crippen LogP contribution in [0.25, 0.3) is 0 Å². The topological polar surface area (TPSA) is 96.0 Å². The van der Waals surface area contributed by atoms with Gasteiger partial charge in [-0.2, -0.15) is 0 Å². The lowest BCUT2D eigenvalue weighted by Crippen LogP contribution is -2.54. The zero-order valence-electron chi connectivity index (χ0n) is 23.4. The van der Waals surface area contributed by atoms with Gasteiger partial charge in [-0.05, 0) is 82.6 Å². The van der Waals surface area contributed by atoms with E-state index in [0.29, 0.717) is 22.9 Å². The molecule has 0 spiro atoms. The maximum atomic E-state index is 14.0. The van der Waals surface area contributed by atoms with Crippen LogP contribution in [0, 0.1) is 0 Å². The van der Waals surface area contributed by atoms with E-state index in [1.807, 2.05) is 27.7 Å². The van der Waals surface area contributed by atoms with Crippen LogP contribution in [0.3, 0.4) is 0 Å². The maximum Gasteiger partial charge on any atom is 0.264 e. The molecule has 8 nitrogen and oxygen atoms in total. The van der Waals surface area contributed by atoms with E-state index in [0.717, 1.165) is 4.31 Å². The minimum Gasteiger partial charge on any atom is -0.494 e. The van der Waals surface area contributed by atoms with Crippen LogP contribution in [0.1, 0.15) is 40.2 Å². The average Bonchev–Trinajstić information content (AvgIpc) is 2.91. The second-order valence-electron chi connectivity index (χ2n) is 10.3. The van der Waals surface area contributed by atoms with Crippen LogP contribution in [0.15, 0.2) is 83.8 Å². The first-order valence-corrected chi connectivity index (χ1v) is 14.8. The SMILES string of the molecule is CCOc1ccc(N(CC(=O)N(Cc2ccccc2Cl)C(C)C(=O)NC(C)(C)C)S(=O)(=O)c2ccccc2)cc1. The number of carbonyl (C=O) groups excluding carboxylic acids is 2. The van der Waals surface area contributed by atoms with Gasteiger partial charge in [-0.25, -0.2) is 8.42 Å². The number of hydrogen-bond donors (Lipinski definition) is 1. The molecule has 0 aliphatic heterocycles. The first-order valence-electron chi connectivity index (χ1n) is 13.0. The predicted molar refractivity (Wildman–Crippen MR) is 158 cm³/mol. The molecule has 0 aromatic heterocycles. The Bertz CT molecular complexity index is 1410. The number of amides is 2. The highest BCUT2D eigenvalue weighted by atomic mass is 35.5. The molecule has 2 amide bonds. The predicted octanol–water partition coefficient (Wildman–Crippen LogP) is 5.27. The second-order valence-corrected chi connectivity index (χ2v) is 12.5. The third-order valence-corrected chi connectivity index (χ3v) is 8.17. The molecule has 40 heavy (non-hydrogen) atoms. The largest absolute Gasteiger partial charge is 0.494 e. The van der Waals surface area contributed by atoms with Gasteiger partial charge in [-0.3, -0.25) is 13.9 Å². The molecule has 0 saturated carbocycles. The Balaban J connectivity index is 2.04. The number of nitrogens with one attached hydrogen (secondary N) is 1. The summed E-state index contributed by atoms with van der Waals surface area (Å²) in [5.74, 6) is -0.362. The first-order chi connectivity index (χ1) is 18.8. The number of halogens is 1. The number of sulfonamides is 1. The monoisotopic (exact) mass is 585 g/mol. The molecule has 0 heterocycles. The molecule has 3 aromatic carbocycles. The summed E-state index contributed by atoms with van der Waals surface area (Å²) >= 11 is 6.40. The maximum absolute atomic E-state index is 14.0. The van der Waals surface area contributed by atoms with Crippen molar-refractivity contribution >= 4 is 39.1 Å². The van der Waals surface area contributed by atoms with Gasteiger partial charge < -0.3 is 15.0 Å². The van der Waals surface area contributed by atoms with Crippen LogP contribution in [-0.4, -0.2) is 49.9 Å². The Morgan fingerprint density at radius 3 is 2.12 bits per heavy atom. The van der Waals surface area contributed by atoms with Crippen molar-refractivity contribution in [3.8, 4) is 5.75 Å². The lowest BCUT2D eigenvalue weighted by atomic mass is 10.1. The summed E-state index contributed by atoms with van der Waals surface area (Å²) in [5.41, 5.74) is 0.381. The molecule has 10 heteroatoms. The van der Waals surface area contributed by atoms with E-state index in [1.165, 1.54) is 17.0 Å². The van der Waals surface area contributed by atoms with E-state index in [9.17, 15) is 18.0 Å². The number of hydrogen-bond acceptors (Lipinski definition) is 5. The molecule has 0 saturated heterocycles. The van der Waals surface area contributed by atoms with Crippen LogP contribution >= 0.6 is 11.6 Å². The van der Waals surface area contributed by atoms with Crippen molar-refractivity contribution in [1.82, 2.24) is 10.2 Å². The molecule has 3 aromatic rings. The molecule has 214 valence electrons. The summed E-state index contributed by atoms with van der Waals surface area (Å²) in [6.45, 7) is 8.93. The highest BCUT2D eigenvalue weighted by Gasteiger charge is 2.33. The zero-order chi connectivity index (χ0) is 29.5. The fraction of sp³-hybridized carbons (Fsp3) is 0.333. The fourth-order valence-electron chi connectivity index (χ4n) is 3.99. The van der Waals surface area contributed by atoms with Gasteiger partial charge in [0, 0.05) is 17.1 Å². The van der Waals surface area contributed by atoms with E-state index in [1.54, 1.807) is 73.7 Å². The Morgan fingerprint density at radius 2 is 1.55 bits per heavy atom. The number of ether oxygens (including phenoxy) is 1. The third-order valence-electron chi connectivity index (χ3n) is 6.01. The van der Waals surface area contributed by atoms with Crippen molar-refractivity contribution < 1.29 is 22.7 Å². The number of benzene rings is 3. The van der Waals surface area contributed by atoms with Gasteiger partial charge in [0.25, 0.3) is 10.0 Å². The fourth-order valence-corrected chi connectivity index (χ4v) is 5.62. The average molecular weight is 586 g/mol. The summed E-state index contributed by atoms with van der Waals surface area (Å²) < 4.78 is 34.2. The second kappa shape index (κ2) is 13.2. The Labute approximate surface area is 241 Å². The minimum atomic E-state index is -4.15. The Morgan fingerprint density at radius 1 is 0.950 bits per heavy atom. The molecule has 0 bridgehead atoms. The first kappa shape index (κ1) is 31.0. The van der Waals surface area contributed by atoms with Crippen LogP contribution in [0.2, 0.25) is 5.02 Å². The van der Waals surface area contributed by atoms with E-state index in [2.05, 4.69) is 5.32 Å². The van der Waals surface area contributed by atoms with Crippen LogP contribution < -0.4 is 14.4 Å². The lowest BCUT2D eigenvalue weighted by Gasteiger charge is -2.33. The van der Waals surface area contributed by atoms with Crippen LogP contribution in [0.5, 0.6) is 5.75 Å². The molecular formula is C30H36ClN3O5S. The molecule has 1 N–H and O–H groups in total. The number of nitrogens with zero attached hydrogens (tertiary/aromatic N) is 2. The third kappa shape index (κ3) is 7.99. The van der Waals surface area contributed by atoms with Gasteiger partial charge in [-0.1, -0.05) is 48.0 Å². The van der Waals surface area contributed by atoms with Crippen molar-refractivity contribution in [2.75, 3.05) is 17.5 Å². The van der Waals surface area contributed by atoms with Gasteiger partial charge in [0.2, 0.25) is 11.8 Å². The van der Waals surface area contributed by atoms with E-state index in [4.69, 9.17) is 16.3 Å². The molecule has 0 aliphatic rings. The molecule has 3 rings (SSSR count). The van der Waals surface area contributed by atoms with Gasteiger partial charge in [0.15, 0.2) is 0 Å². The molecule has 0 aliphatic carbocycles. The van der Waals surface area contributed by atoms with Crippen LogP contribution in [0.4, 0.5) is 5.69 Å². The smallest absolute Gasteiger partial charge is 0.264 e. The van der Waals surface area contributed by atoms with E-state index in [-0.39, 0.29) is 23.0 Å². The molecule has 1 atom stereocenters. The summed E-state index contributed by atoms with van der Waals surface area (Å²) in [5, 5.41) is 3.34. The molecular weight excluding hydrogens is 550 g/mol. The Hall–Kier alpha value is -3.56. The normalized spacial score (nSPS) is 12.3. The minimum absolute atomic E-state index is 0.0136. The van der Waals surface area contributed by atoms with Gasteiger partial charge in [0.05, 0.1) is 17.2 Å². The molecule has 0 fully saturated rings. The summed E-state index contributed by atoms with van der Waals surface area (Å²) in [6.07, 6.45) is 0. The molecule has 0 radical (unpaired) electrons. The standard InChI is InChI=1S/C30H36ClN3O5S/c1-6-39-25-18-16-24(17-19-25)34(40(37,38)26-13-8-7-9-14-26)21-28(35)33(20-23-12-10-11-15-27(23)31)22(2)29(36)32-30(3,4)5/h7-19,22H,6,20-21H2,1-5H3,(H,32,36). The van der Waals surface area contributed by atoms with E-state index < -0.39 is 34.1 Å². The van der Waals surface area contributed by atoms with Crippen molar-refractivity contribution in [2.24, 2.45) is 0 Å². The summed E-state index contributed by atoms with van der Waals surface area (Å²) in [4.78, 5) is 28.5. The summed E-state index contributed by atoms with van der Waals surface area (Å²) in [7, 11) is -4.15. The number of carbonyl (C=O) groups is 2. The number of anilines is 1. The quantitative estimate of drug-likeness (QED) is 0.331. The van der Waals surface area contributed by atoms with Crippen molar-refractivity contribution in [1.29, 1.82) is 0 Å². The lowest BCUT2D eigenvalue weighted by molar-refractivity contribution is -0.140. The molecule has 1 unspecified atom stereocenters. The van der Waals surface area contributed by atoms with Crippen LogP contribution in [-0.2, 0) is 26.2 Å². The zero-order valence-corrected chi connectivity index (χ0v) is 25.0. The summed E-state index contributed by atoms with van der Waals surface area (Å²) in [6, 6.07) is 20.5. The van der Waals surface area contributed by atoms with Gasteiger partial charge in [0.1, 0.15) is 18.3 Å². The van der Waals surface area contributed by atoms with Gasteiger partial charge >= 0.3 is 0 Å². The van der Waals surface area contributed by atoms with E-state index >= 15 is 0 Å². The van der Waals surface area contributed by atoms with Crippen molar-refractivity contribution in [3.63, 3.8) is 0 Å². The Kier molecular flexibility index (Phi) is 10.2. The highest BCUT2D eigenvalue weighted by molar-refractivity contribution is 7.92. The van der Waals surface area contributed by atoms with Crippen molar-refractivity contribution in [2.45, 2.75) is 57.6 Å². The highest BCUT2D eigenvalue weighted by Crippen LogP contribution is 2.27. The van der Waals surface area contributed by atoms with Gasteiger partial charge in [-0.15, -0.1) is 0 Å². The number of rotatable bonds is 11. The van der Waals surface area contributed by atoms with Crippen molar-refractivity contribution in [3.05, 3.63) is 89.4 Å².